The molecule has 0 atom stereocenters. The number of thiazole rings is 2. The number of halogens is 3. The van der Waals surface area contributed by atoms with Crippen LogP contribution in [0.2, 0.25) is 0 Å². The Balaban J connectivity index is -0.000000541. The number of amidine groups is 2. The van der Waals surface area contributed by atoms with Gasteiger partial charge in [0.1, 0.15) is 0 Å². The molecule has 11 nitrogen and oxygen atoms in total. The Hall–Kier alpha value is -2.16. The molecule has 0 unspecified atom stereocenters. The van der Waals surface area contributed by atoms with Gasteiger partial charge in [0.05, 0.1) is 25.3 Å². The Kier molecular flexibility index (Phi) is 17.7. The van der Waals surface area contributed by atoms with E-state index >= 15 is 0 Å². The molecule has 0 spiro atoms. The molecule has 0 amide bonds. The third kappa shape index (κ3) is 33.8. The number of nitrogens with zero attached hydrogens (tertiary/aromatic N) is 4. The molecule has 2 rings (SSSR count). The first kappa shape index (κ1) is 21.7. The lowest BCUT2D eigenvalue weighted by Crippen LogP contribution is -2.04. The van der Waals surface area contributed by atoms with Crippen molar-refractivity contribution < 1.29 is 15.1 Å². The van der Waals surface area contributed by atoms with Gasteiger partial charge in [-0.2, -0.15) is 15.8 Å². The number of alkyl halides is 3. The molecule has 0 aliphatic heterocycles. The molecule has 0 radical (unpaired) electrons. The summed E-state index contributed by atoms with van der Waals surface area (Å²) in [5.74, 6) is -4.25. The lowest BCUT2D eigenvalue weighted by Gasteiger charge is -1.93. The summed E-state index contributed by atoms with van der Waals surface area (Å²) in [7, 11) is 0. The first-order valence-corrected chi connectivity index (χ1v) is 13.4. The number of aromatic nitrogens is 2. The number of nitrogens with two attached hydrogens (primary N) is 3. The SMILES string of the molecule is [2H]C([2H])(C#N)CCl.[2H]C([2H])(Cl)C([2H])([2H])C#N.[2H]C([2H])(Cl)CC#N.[2H]C([2H])(SC(=N)N)c1csc(N)n1.[2H]c1sc(=N)[nH]c1CSC(=N)N. The van der Waals surface area contributed by atoms with Crippen molar-refractivity contribution in [1.29, 1.82) is 32.0 Å². The number of nitrogens with one attached hydrogen (secondary N) is 4. The maximum atomic E-state index is 7.98. The first-order valence-electron chi connectivity index (χ1n) is 14.1. The second kappa shape index (κ2) is 30.1. The number of nitriles is 3. The molecule has 0 saturated carbocycles. The van der Waals surface area contributed by atoms with Crippen molar-refractivity contribution in [1.82, 2.24) is 9.97 Å². The molecule has 0 aliphatic carbocycles. The Morgan fingerprint density at radius 3 is 1.97 bits per heavy atom. The lowest BCUT2D eigenvalue weighted by atomic mass is 10.6. The average molecular weight is 656 g/mol. The summed E-state index contributed by atoms with van der Waals surface area (Å²) in [6.45, 7) is 0. The predicted molar refractivity (Wildman–Crippen MR) is 160 cm³/mol. The second-order valence-corrected chi connectivity index (χ2v) is 8.95. The number of rotatable bonds is 7. The normalized spacial score (nSPS) is 14.8. The standard InChI is InChI=1S/2C5H8N4S2.3C3H4ClN/c2*6-4(7)10-1-3-2-11-5(8)9-3;3*4-2-1-3-5/h2*2H,1H2,(H3,6,7)(H2,8,9);3*1-2H2/i2D;1D2;1D2,2D2;2D2;1D2. The maximum absolute atomic E-state index is 7.98. The van der Waals surface area contributed by atoms with Crippen LogP contribution in [0.3, 0.4) is 0 Å². The molecule has 0 aliphatic rings. The summed E-state index contributed by atoms with van der Waals surface area (Å²) < 4.78 is 75.1. The minimum Gasteiger partial charge on any atom is -0.379 e. The van der Waals surface area contributed by atoms with Gasteiger partial charge < -0.3 is 22.2 Å². The van der Waals surface area contributed by atoms with E-state index in [0.717, 1.165) is 40.5 Å². The average Bonchev–Trinajstić information content (AvgIpc) is 3.51. The quantitative estimate of drug-likeness (QED) is 0.121. The molecule has 2 aromatic heterocycles. The molecule has 0 aromatic carbocycles. The van der Waals surface area contributed by atoms with E-state index in [9.17, 15) is 0 Å². The summed E-state index contributed by atoms with van der Waals surface area (Å²) >= 11 is 18.8. The highest BCUT2D eigenvalue weighted by molar-refractivity contribution is 8.13. The van der Waals surface area contributed by atoms with Crippen LogP contribution in [0.25, 0.3) is 0 Å². The summed E-state index contributed by atoms with van der Waals surface area (Å²) in [5.41, 5.74) is 14.6. The molecule has 2 heterocycles. The smallest absolute Gasteiger partial charge is 0.180 e. The van der Waals surface area contributed by atoms with Gasteiger partial charge in [-0.05, 0) is 0 Å². The zero-order chi connectivity index (χ0) is 38.7. The van der Waals surface area contributed by atoms with Gasteiger partial charge in [0.2, 0.25) is 0 Å². The van der Waals surface area contributed by atoms with Gasteiger partial charge in [-0.3, -0.25) is 16.2 Å². The largest absolute Gasteiger partial charge is 0.379 e. The Morgan fingerprint density at radius 2 is 1.70 bits per heavy atom. The molecule has 18 heteroatoms. The van der Waals surface area contributed by atoms with Crippen LogP contribution in [0.15, 0.2) is 10.7 Å². The third-order valence-electron chi connectivity index (χ3n) is 2.10. The second-order valence-electron chi connectivity index (χ2n) is 4.65. The molecule has 37 heavy (non-hydrogen) atoms. The van der Waals surface area contributed by atoms with Crippen LogP contribution < -0.4 is 22.0 Å². The van der Waals surface area contributed by atoms with Crippen molar-refractivity contribution in [2.45, 2.75) is 30.6 Å². The molecule has 0 saturated heterocycles. The van der Waals surface area contributed by atoms with E-state index in [1.54, 1.807) is 6.07 Å². The number of anilines is 1. The fraction of sp³-hybridized carbons (Fsp3) is 0.421. The highest BCUT2D eigenvalue weighted by Gasteiger charge is 1.99. The van der Waals surface area contributed by atoms with Gasteiger partial charge in [-0.1, -0.05) is 23.5 Å². The summed E-state index contributed by atoms with van der Waals surface area (Å²) in [6, 6.07) is 4.10. The van der Waals surface area contributed by atoms with Crippen molar-refractivity contribution in [3.8, 4) is 18.2 Å². The predicted octanol–water partition coefficient (Wildman–Crippen LogP) is 4.95. The van der Waals surface area contributed by atoms with Crippen molar-refractivity contribution in [2.24, 2.45) is 11.5 Å². The first-order chi connectivity index (χ1) is 21.5. The van der Waals surface area contributed by atoms with Gasteiger partial charge in [0, 0.05) is 78.3 Å². The highest BCUT2D eigenvalue weighted by Crippen LogP contribution is 2.16. The van der Waals surface area contributed by atoms with E-state index < -0.39 is 30.1 Å². The Morgan fingerprint density at radius 1 is 1.08 bits per heavy atom. The number of hydrogen-bond donors (Lipinski definition) is 7. The van der Waals surface area contributed by atoms with Gasteiger partial charge in [0.25, 0.3) is 0 Å². The maximum Gasteiger partial charge on any atom is 0.180 e. The van der Waals surface area contributed by atoms with Gasteiger partial charge in [-0.15, -0.1) is 57.5 Å². The van der Waals surface area contributed by atoms with Crippen LogP contribution in [0, 0.1) is 50.2 Å². The van der Waals surface area contributed by atoms with E-state index in [0.29, 0.717) is 33.7 Å². The van der Waals surface area contributed by atoms with Crippen molar-refractivity contribution in [2.75, 3.05) is 23.3 Å². The van der Waals surface area contributed by atoms with Gasteiger partial charge in [0.15, 0.2) is 20.3 Å². The van der Waals surface area contributed by atoms with E-state index in [4.69, 9.17) is 99.1 Å². The van der Waals surface area contributed by atoms with E-state index in [2.05, 4.69) is 9.97 Å². The Labute approximate surface area is 263 Å². The monoisotopic (exact) mass is 654 g/mol. The van der Waals surface area contributed by atoms with Crippen LogP contribution in [0.5, 0.6) is 0 Å². The molecule has 2 aromatic rings. The Bertz CT molecular complexity index is 1490. The van der Waals surface area contributed by atoms with Crippen LogP contribution in [-0.2, 0) is 11.5 Å². The topological polar surface area (TPSA) is 250 Å². The van der Waals surface area contributed by atoms with Crippen molar-refractivity contribution in [3.63, 3.8) is 0 Å². The van der Waals surface area contributed by atoms with Crippen LogP contribution in [0.4, 0.5) is 5.13 Å². The molecule has 204 valence electrons. The summed E-state index contributed by atoms with van der Waals surface area (Å²) in [5, 5.41) is 46.7. The zero-order valence-corrected chi connectivity index (χ0v) is 24.0. The van der Waals surface area contributed by atoms with Crippen LogP contribution >= 0.6 is 81.0 Å². The summed E-state index contributed by atoms with van der Waals surface area (Å²) in [6.07, 6.45) is -4.72. The van der Waals surface area contributed by atoms with Crippen LogP contribution in [-0.4, -0.2) is 37.8 Å². The third-order valence-corrected chi connectivity index (χ3v) is 5.06. The highest BCUT2D eigenvalue weighted by atomic mass is 35.5. The van der Waals surface area contributed by atoms with Gasteiger partial charge >= 0.3 is 0 Å². The molecule has 0 bridgehead atoms. The minimum absolute atomic E-state index is 0.0283. The number of hydrogen-bond acceptors (Lipinski definition) is 12. The van der Waals surface area contributed by atoms with Crippen molar-refractivity contribution >= 4 is 96.5 Å². The minimum atomic E-state index is -2.62. The molecule has 0 fully saturated rings. The molecule has 10 N–H and O–H groups in total. The van der Waals surface area contributed by atoms with Crippen molar-refractivity contribution in [3.05, 3.63) is 26.9 Å². The number of aromatic amines is 1. The molecular weight excluding hydrogens is 617 g/mol. The summed E-state index contributed by atoms with van der Waals surface area (Å²) in [4.78, 5) is 6.77. The van der Waals surface area contributed by atoms with E-state index in [1.165, 1.54) is 11.4 Å². The van der Waals surface area contributed by atoms with Crippen LogP contribution in [0.1, 0.15) is 45.6 Å². The van der Waals surface area contributed by atoms with E-state index in [1.807, 2.05) is 0 Å². The zero-order valence-electron chi connectivity index (χ0n) is 29.5. The number of thioether (sulfide) groups is 2. The fourth-order valence-electron chi connectivity index (χ4n) is 1.04. The fourth-order valence-corrected chi connectivity index (χ4v) is 3.15. The lowest BCUT2D eigenvalue weighted by molar-refractivity contribution is 1.12. The number of H-pyrrole nitrogens is 1. The van der Waals surface area contributed by atoms with Gasteiger partial charge in [-0.25, -0.2) is 4.98 Å². The van der Waals surface area contributed by atoms with E-state index in [-0.39, 0.29) is 33.1 Å². The molecular formula is C19H28Cl3N11S4. The number of nitrogen functional groups attached to an aromatic ring is 1.